The van der Waals surface area contributed by atoms with Crippen LogP contribution in [0.1, 0.15) is 25.0 Å². The van der Waals surface area contributed by atoms with Crippen molar-refractivity contribution in [3.05, 3.63) is 29.3 Å². The molecule has 0 heterocycles. The summed E-state index contributed by atoms with van der Waals surface area (Å²) in [7, 11) is 0. The van der Waals surface area contributed by atoms with E-state index in [4.69, 9.17) is 16.3 Å². The molecule has 0 fully saturated rings. The highest BCUT2D eigenvalue weighted by atomic mass is 35.5. The predicted octanol–water partition coefficient (Wildman–Crippen LogP) is 3.16. The van der Waals surface area contributed by atoms with Crippen molar-refractivity contribution < 1.29 is 4.74 Å². The SMILES string of the molecule is CCOCCN(CC)c1ccc(CCl)cc1C#N. The van der Waals surface area contributed by atoms with Crippen molar-refractivity contribution in [1.29, 1.82) is 5.26 Å². The third-order valence-corrected chi connectivity index (χ3v) is 3.08. The summed E-state index contributed by atoms with van der Waals surface area (Å²) in [6, 6.07) is 8.02. The van der Waals surface area contributed by atoms with Gasteiger partial charge in [0.25, 0.3) is 0 Å². The molecule has 0 spiro atoms. The number of likely N-dealkylation sites (N-methyl/N-ethyl adjacent to an activating group) is 1. The Bertz CT molecular complexity index is 415. The number of anilines is 1. The number of rotatable bonds is 7. The summed E-state index contributed by atoms with van der Waals surface area (Å²) in [5.41, 5.74) is 2.60. The molecule has 3 nitrogen and oxygen atoms in total. The van der Waals surface area contributed by atoms with E-state index in [1.807, 2.05) is 25.1 Å². The van der Waals surface area contributed by atoms with Crippen molar-refractivity contribution >= 4 is 17.3 Å². The molecule has 0 aliphatic rings. The molecule has 0 aliphatic carbocycles. The van der Waals surface area contributed by atoms with Crippen LogP contribution in [0, 0.1) is 11.3 Å². The van der Waals surface area contributed by atoms with Crippen molar-refractivity contribution in [2.75, 3.05) is 31.2 Å². The fourth-order valence-corrected chi connectivity index (χ4v) is 1.97. The molecule has 0 saturated heterocycles. The zero-order chi connectivity index (χ0) is 13.4. The molecular formula is C14H19ClN2O. The van der Waals surface area contributed by atoms with Crippen LogP contribution in [0.4, 0.5) is 5.69 Å². The van der Waals surface area contributed by atoms with Gasteiger partial charge in [0.2, 0.25) is 0 Å². The Balaban J connectivity index is 2.88. The predicted molar refractivity (Wildman–Crippen MR) is 75.1 cm³/mol. The van der Waals surface area contributed by atoms with E-state index in [1.165, 1.54) is 0 Å². The summed E-state index contributed by atoms with van der Waals surface area (Å²) in [5.74, 6) is 0.431. The second-order valence-electron chi connectivity index (χ2n) is 3.87. The lowest BCUT2D eigenvalue weighted by molar-refractivity contribution is 0.154. The standard InChI is InChI=1S/C14H19ClN2O/c1-3-17(7-8-18-4-2)14-6-5-12(10-15)9-13(14)11-16/h5-6,9H,3-4,7-8,10H2,1-2H3. The zero-order valence-corrected chi connectivity index (χ0v) is 11.7. The maximum atomic E-state index is 9.20. The number of hydrogen-bond donors (Lipinski definition) is 0. The van der Waals surface area contributed by atoms with Gasteiger partial charge in [0, 0.05) is 25.6 Å². The lowest BCUT2D eigenvalue weighted by Gasteiger charge is -2.24. The molecule has 18 heavy (non-hydrogen) atoms. The molecule has 0 amide bonds. The van der Waals surface area contributed by atoms with Crippen LogP contribution in [0.15, 0.2) is 18.2 Å². The van der Waals surface area contributed by atoms with Gasteiger partial charge in [-0.1, -0.05) is 6.07 Å². The second kappa shape index (κ2) is 7.97. The smallest absolute Gasteiger partial charge is 0.101 e. The van der Waals surface area contributed by atoms with Gasteiger partial charge in [-0.25, -0.2) is 0 Å². The van der Waals surface area contributed by atoms with E-state index in [1.54, 1.807) is 0 Å². The Morgan fingerprint density at radius 2 is 2.17 bits per heavy atom. The number of hydrogen-bond acceptors (Lipinski definition) is 3. The van der Waals surface area contributed by atoms with Gasteiger partial charge in [-0.05, 0) is 31.5 Å². The fourth-order valence-electron chi connectivity index (χ4n) is 1.80. The number of nitrogens with zero attached hydrogens (tertiary/aromatic N) is 2. The summed E-state index contributed by atoms with van der Waals surface area (Å²) >= 11 is 5.78. The Kier molecular flexibility index (Phi) is 6.56. The van der Waals surface area contributed by atoms with Crippen LogP contribution < -0.4 is 4.90 Å². The summed E-state index contributed by atoms with van der Waals surface area (Å²) in [6.07, 6.45) is 0. The third kappa shape index (κ3) is 3.90. The van der Waals surface area contributed by atoms with Crippen LogP contribution >= 0.6 is 11.6 Å². The molecule has 4 heteroatoms. The minimum absolute atomic E-state index is 0.431. The first-order chi connectivity index (χ1) is 8.76. The van der Waals surface area contributed by atoms with Crippen molar-refractivity contribution in [2.45, 2.75) is 19.7 Å². The minimum Gasteiger partial charge on any atom is -0.380 e. The van der Waals surface area contributed by atoms with E-state index in [-0.39, 0.29) is 0 Å². The Morgan fingerprint density at radius 1 is 1.39 bits per heavy atom. The van der Waals surface area contributed by atoms with Gasteiger partial charge in [-0.3, -0.25) is 0 Å². The van der Waals surface area contributed by atoms with Crippen molar-refractivity contribution in [2.24, 2.45) is 0 Å². The van der Waals surface area contributed by atoms with Crippen LogP contribution in [0.5, 0.6) is 0 Å². The number of ether oxygens (including phenoxy) is 1. The normalized spacial score (nSPS) is 10.1. The largest absolute Gasteiger partial charge is 0.380 e. The molecule has 1 aromatic carbocycles. The molecular weight excluding hydrogens is 248 g/mol. The van der Waals surface area contributed by atoms with E-state index in [0.29, 0.717) is 24.7 Å². The average Bonchev–Trinajstić information content (AvgIpc) is 2.43. The maximum absolute atomic E-state index is 9.20. The van der Waals surface area contributed by atoms with Gasteiger partial charge in [-0.2, -0.15) is 5.26 Å². The first-order valence-electron chi connectivity index (χ1n) is 6.18. The van der Waals surface area contributed by atoms with Gasteiger partial charge in [0.1, 0.15) is 6.07 Å². The molecule has 0 saturated carbocycles. The van der Waals surface area contributed by atoms with Crippen LogP contribution in [-0.4, -0.2) is 26.3 Å². The van der Waals surface area contributed by atoms with E-state index in [9.17, 15) is 5.26 Å². The van der Waals surface area contributed by atoms with E-state index in [2.05, 4.69) is 17.9 Å². The van der Waals surface area contributed by atoms with Gasteiger partial charge in [0.05, 0.1) is 17.9 Å². The second-order valence-corrected chi connectivity index (χ2v) is 4.14. The van der Waals surface area contributed by atoms with Crippen molar-refractivity contribution in [1.82, 2.24) is 0 Å². The molecule has 98 valence electrons. The van der Waals surface area contributed by atoms with Gasteiger partial charge >= 0.3 is 0 Å². The Hall–Kier alpha value is -1.24. The van der Waals surface area contributed by atoms with Gasteiger partial charge in [0.15, 0.2) is 0 Å². The molecule has 0 aromatic heterocycles. The van der Waals surface area contributed by atoms with Crippen molar-refractivity contribution in [3.63, 3.8) is 0 Å². The molecule has 0 atom stereocenters. The van der Waals surface area contributed by atoms with Crippen molar-refractivity contribution in [3.8, 4) is 6.07 Å². The minimum atomic E-state index is 0.431. The van der Waals surface area contributed by atoms with E-state index in [0.717, 1.165) is 24.3 Å². The number of benzene rings is 1. The average molecular weight is 267 g/mol. The highest BCUT2D eigenvalue weighted by Crippen LogP contribution is 2.22. The quantitative estimate of drug-likeness (QED) is 0.562. The van der Waals surface area contributed by atoms with E-state index >= 15 is 0 Å². The zero-order valence-electron chi connectivity index (χ0n) is 10.9. The lowest BCUT2D eigenvalue weighted by Crippen LogP contribution is -2.27. The molecule has 0 N–H and O–H groups in total. The molecule has 0 aliphatic heterocycles. The maximum Gasteiger partial charge on any atom is 0.101 e. The summed E-state index contributed by atoms with van der Waals surface area (Å²) in [4.78, 5) is 2.15. The number of nitriles is 1. The third-order valence-electron chi connectivity index (χ3n) is 2.77. The monoisotopic (exact) mass is 266 g/mol. The molecule has 0 radical (unpaired) electrons. The summed E-state index contributed by atoms with van der Waals surface area (Å²) in [5, 5.41) is 9.20. The van der Waals surface area contributed by atoms with Crippen LogP contribution in [0.3, 0.4) is 0 Å². The topological polar surface area (TPSA) is 36.3 Å². The van der Waals surface area contributed by atoms with Crippen LogP contribution in [0.25, 0.3) is 0 Å². The Morgan fingerprint density at radius 3 is 2.72 bits per heavy atom. The van der Waals surface area contributed by atoms with Gasteiger partial charge in [-0.15, -0.1) is 11.6 Å². The van der Waals surface area contributed by atoms with Crippen LogP contribution in [-0.2, 0) is 10.6 Å². The first kappa shape index (κ1) is 14.8. The lowest BCUT2D eigenvalue weighted by atomic mass is 10.1. The first-order valence-corrected chi connectivity index (χ1v) is 6.71. The summed E-state index contributed by atoms with van der Waals surface area (Å²) < 4.78 is 5.36. The van der Waals surface area contributed by atoms with Gasteiger partial charge < -0.3 is 9.64 Å². The van der Waals surface area contributed by atoms with E-state index < -0.39 is 0 Å². The highest BCUT2D eigenvalue weighted by Gasteiger charge is 2.10. The molecule has 1 aromatic rings. The number of alkyl halides is 1. The number of halogens is 1. The highest BCUT2D eigenvalue weighted by molar-refractivity contribution is 6.17. The summed E-state index contributed by atoms with van der Waals surface area (Å²) in [6.45, 7) is 7.08. The van der Waals surface area contributed by atoms with Crippen LogP contribution in [0.2, 0.25) is 0 Å². The Labute approximate surface area is 114 Å². The molecule has 1 rings (SSSR count). The fraction of sp³-hybridized carbons (Fsp3) is 0.500. The molecule has 0 unspecified atom stereocenters. The molecule has 0 bridgehead atoms.